The normalized spacial score (nSPS) is 13.6. The molecule has 1 aromatic rings. The zero-order valence-electron chi connectivity index (χ0n) is 8.91. The maximum Gasteiger partial charge on any atom is 0.485 e. The molecule has 0 saturated carbocycles. The predicted octanol–water partition coefficient (Wildman–Crippen LogP) is 2.78. The molecule has 1 atom stereocenters. The van der Waals surface area contributed by atoms with E-state index in [0.717, 1.165) is 0 Å². The Bertz CT molecular complexity index is 313. The van der Waals surface area contributed by atoms with Gasteiger partial charge in [0.25, 0.3) is 0 Å². The van der Waals surface area contributed by atoms with Gasteiger partial charge in [-0.3, -0.25) is 4.90 Å². The Balaban J connectivity index is 2.89. The molecule has 0 saturated heterocycles. The molecule has 0 aromatic heterocycles. The molecule has 0 heterocycles. The first-order valence-corrected chi connectivity index (χ1v) is 5.02. The maximum absolute atomic E-state index is 12.7. The number of halogens is 3. The molecule has 5 heteroatoms. The van der Waals surface area contributed by atoms with E-state index in [4.69, 9.17) is 0 Å². The summed E-state index contributed by atoms with van der Waals surface area (Å²) < 4.78 is 38.2. The maximum atomic E-state index is 12.7. The van der Waals surface area contributed by atoms with Gasteiger partial charge in [0, 0.05) is 5.69 Å². The summed E-state index contributed by atoms with van der Waals surface area (Å²) in [5.74, 6) is 0. The highest BCUT2D eigenvalue weighted by atomic mass is 19.4. The van der Waals surface area contributed by atoms with Crippen molar-refractivity contribution in [2.75, 3.05) is 11.4 Å². The van der Waals surface area contributed by atoms with Gasteiger partial charge in [0.1, 0.15) is 0 Å². The lowest BCUT2D eigenvalue weighted by molar-refractivity contribution is -0.132. The number of hydrogen-bond donors (Lipinski definition) is 1. The first kappa shape index (κ1) is 12.8. The summed E-state index contributed by atoms with van der Waals surface area (Å²) in [7, 11) is 0. The Hall–Kier alpha value is -1.23. The molecular weight excluding hydrogens is 219 g/mol. The number of rotatable bonds is 4. The first-order valence-electron chi connectivity index (χ1n) is 5.02. The van der Waals surface area contributed by atoms with Crippen LogP contribution in [0.1, 0.15) is 13.3 Å². The third-order valence-corrected chi connectivity index (χ3v) is 2.24. The van der Waals surface area contributed by atoms with Crippen molar-refractivity contribution < 1.29 is 18.3 Å². The fourth-order valence-electron chi connectivity index (χ4n) is 1.30. The minimum Gasteiger partial charge on any atom is -0.391 e. The van der Waals surface area contributed by atoms with Gasteiger partial charge in [0.2, 0.25) is 0 Å². The van der Waals surface area contributed by atoms with Gasteiger partial charge < -0.3 is 5.11 Å². The number of aliphatic hydroxyl groups excluding tert-OH is 1. The largest absolute Gasteiger partial charge is 0.485 e. The SMILES string of the molecule is CCC(O)CN(c1ccccc1)C(F)(F)F. The summed E-state index contributed by atoms with van der Waals surface area (Å²) in [5.41, 5.74) is 0.0440. The van der Waals surface area contributed by atoms with Crippen LogP contribution >= 0.6 is 0 Å². The van der Waals surface area contributed by atoms with E-state index in [-0.39, 0.29) is 10.6 Å². The fraction of sp³-hybridized carbons (Fsp3) is 0.455. The summed E-state index contributed by atoms with van der Waals surface area (Å²) >= 11 is 0. The van der Waals surface area contributed by atoms with Crippen LogP contribution in [0.5, 0.6) is 0 Å². The van der Waals surface area contributed by atoms with E-state index < -0.39 is 18.9 Å². The van der Waals surface area contributed by atoms with Crippen molar-refractivity contribution in [1.29, 1.82) is 0 Å². The van der Waals surface area contributed by atoms with E-state index in [1.807, 2.05) is 0 Å². The van der Waals surface area contributed by atoms with Crippen LogP contribution in [0.15, 0.2) is 30.3 Å². The van der Waals surface area contributed by atoms with E-state index in [0.29, 0.717) is 6.42 Å². The summed E-state index contributed by atoms with van der Waals surface area (Å²) in [6.45, 7) is 1.20. The van der Waals surface area contributed by atoms with Crippen LogP contribution in [0.25, 0.3) is 0 Å². The third kappa shape index (κ3) is 3.41. The average molecular weight is 233 g/mol. The Kier molecular flexibility index (Phi) is 4.18. The van der Waals surface area contributed by atoms with Crippen molar-refractivity contribution in [3.8, 4) is 0 Å². The van der Waals surface area contributed by atoms with Crippen LogP contribution in [0, 0.1) is 0 Å². The van der Waals surface area contributed by atoms with Crippen molar-refractivity contribution in [2.45, 2.75) is 25.7 Å². The highest BCUT2D eigenvalue weighted by Crippen LogP contribution is 2.28. The lowest BCUT2D eigenvalue weighted by Crippen LogP contribution is -2.43. The molecular formula is C11H14F3NO. The molecule has 0 radical (unpaired) electrons. The van der Waals surface area contributed by atoms with E-state index in [1.54, 1.807) is 13.0 Å². The second kappa shape index (κ2) is 5.21. The van der Waals surface area contributed by atoms with Crippen LogP contribution in [0.2, 0.25) is 0 Å². The molecule has 90 valence electrons. The smallest absolute Gasteiger partial charge is 0.391 e. The number of anilines is 1. The third-order valence-electron chi connectivity index (χ3n) is 2.24. The molecule has 1 N–H and O–H groups in total. The van der Waals surface area contributed by atoms with Gasteiger partial charge in [-0.2, -0.15) is 13.2 Å². The molecule has 0 aliphatic carbocycles. The zero-order chi connectivity index (χ0) is 12.2. The van der Waals surface area contributed by atoms with Gasteiger partial charge in [-0.25, -0.2) is 0 Å². The molecule has 1 unspecified atom stereocenters. The molecule has 0 amide bonds. The zero-order valence-corrected chi connectivity index (χ0v) is 8.91. The predicted molar refractivity (Wildman–Crippen MR) is 56.1 cm³/mol. The van der Waals surface area contributed by atoms with Gasteiger partial charge in [-0.05, 0) is 18.6 Å². The van der Waals surface area contributed by atoms with Gasteiger partial charge >= 0.3 is 6.30 Å². The minimum absolute atomic E-state index is 0.0440. The molecule has 0 aliphatic rings. The summed E-state index contributed by atoms with van der Waals surface area (Å²) in [6, 6.07) is 7.46. The van der Waals surface area contributed by atoms with Crippen LogP contribution in [0.3, 0.4) is 0 Å². The van der Waals surface area contributed by atoms with Gasteiger partial charge in [-0.1, -0.05) is 25.1 Å². The molecule has 0 bridgehead atoms. The van der Waals surface area contributed by atoms with E-state index in [1.165, 1.54) is 24.3 Å². The van der Waals surface area contributed by atoms with Crippen molar-refractivity contribution in [1.82, 2.24) is 0 Å². The molecule has 0 fully saturated rings. The van der Waals surface area contributed by atoms with Gasteiger partial charge in [0.15, 0.2) is 0 Å². The Morgan fingerprint density at radius 3 is 2.25 bits per heavy atom. The standard InChI is InChI=1S/C11H14F3NO/c1-2-10(16)8-15(11(12,13)14)9-6-4-3-5-7-9/h3-7,10,16H,2,8H2,1H3. The van der Waals surface area contributed by atoms with Gasteiger partial charge in [0.05, 0.1) is 12.6 Å². The number of para-hydroxylation sites is 1. The second-order valence-electron chi connectivity index (χ2n) is 3.48. The lowest BCUT2D eigenvalue weighted by atomic mass is 10.2. The van der Waals surface area contributed by atoms with Crippen LogP contribution < -0.4 is 4.90 Å². The highest BCUT2D eigenvalue weighted by molar-refractivity contribution is 5.46. The molecule has 0 aliphatic heterocycles. The number of aliphatic hydroxyl groups is 1. The van der Waals surface area contributed by atoms with E-state index in [9.17, 15) is 18.3 Å². The van der Waals surface area contributed by atoms with Crippen LogP contribution in [-0.2, 0) is 0 Å². The Morgan fingerprint density at radius 2 is 1.81 bits per heavy atom. The Morgan fingerprint density at radius 1 is 1.25 bits per heavy atom. The van der Waals surface area contributed by atoms with E-state index in [2.05, 4.69) is 0 Å². The molecule has 16 heavy (non-hydrogen) atoms. The number of hydrogen-bond acceptors (Lipinski definition) is 2. The van der Waals surface area contributed by atoms with Crippen molar-refractivity contribution in [3.63, 3.8) is 0 Å². The highest BCUT2D eigenvalue weighted by Gasteiger charge is 2.38. The van der Waals surface area contributed by atoms with Gasteiger partial charge in [-0.15, -0.1) is 0 Å². The quantitative estimate of drug-likeness (QED) is 0.808. The average Bonchev–Trinajstić information content (AvgIpc) is 2.25. The minimum atomic E-state index is -4.47. The lowest BCUT2D eigenvalue weighted by Gasteiger charge is -2.28. The molecule has 1 aromatic carbocycles. The molecule has 1 rings (SSSR count). The summed E-state index contributed by atoms with van der Waals surface area (Å²) in [5, 5.41) is 9.31. The topological polar surface area (TPSA) is 23.5 Å². The summed E-state index contributed by atoms with van der Waals surface area (Å²) in [6.07, 6.45) is -5.17. The van der Waals surface area contributed by atoms with E-state index >= 15 is 0 Å². The van der Waals surface area contributed by atoms with Crippen LogP contribution in [0.4, 0.5) is 18.9 Å². The monoisotopic (exact) mass is 233 g/mol. The molecule has 0 spiro atoms. The molecule has 2 nitrogen and oxygen atoms in total. The van der Waals surface area contributed by atoms with Crippen molar-refractivity contribution in [3.05, 3.63) is 30.3 Å². The van der Waals surface area contributed by atoms with Crippen LogP contribution in [-0.4, -0.2) is 24.1 Å². The number of alkyl halides is 3. The number of benzene rings is 1. The number of nitrogens with zero attached hydrogens (tertiary/aromatic N) is 1. The van der Waals surface area contributed by atoms with Crippen molar-refractivity contribution >= 4 is 5.69 Å². The first-order chi connectivity index (χ1) is 7.45. The fourth-order valence-corrected chi connectivity index (χ4v) is 1.30. The van der Waals surface area contributed by atoms with Crippen molar-refractivity contribution in [2.24, 2.45) is 0 Å². The second-order valence-corrected chi connectivity index (χ2v) is 3.48. The summed E-state index contributed by atoms with van der Waals surface area (Å²) in [4.78, 5) is 0.251. The Labute approximate surface area is 92.3 Å².